The minimum atomic E-state index is -0.309. The van der Waals surface area contributed by atoms with E-state index < -0.39 is 0 Å². The zero-order valence-electron chi connectivity index (χ0n) is 15.9. The molecular formula is C21H18N4O4S. The van der Waals surface area contributed by atoms with Gasteiger partial charge in [0.1, 0.15) is 0 Å². The minimum Gasteiger partial charge on any atom is -0.454 e. The number of hydrogen-bond donors (Lipinski definition) is 2. The summed E-state index contributed by atoms with van der Waals surface area (Å²) >= 11 is 1.41. The Balaban J connectivity index is 1.25. The van der Waals surface area contributed by atoms with Gasteiger partial charge in [-0.15, -0.1) is 11.3 Å². The van der Waals surface area contributed by atoms with Crippen LogP contribution < -0.4 is 20.1 Å². The number of ether oxygens (including phenoxy) is 2. The van der Waals surface area contributed by atoms with Crippen molar-refractivity contribution < 1.29 is 19.1 Å². The molecule has 30 heavy (non-hydrogen) atoms. The largest absolute Gasteiger partial charge is 0.454 e. The third-order valence-corrected chi connectivity index (χ3v) is 6.11. The van der Waals surface area contributed by atoms with E-state index in [0.29, 0.717) is 28.7 Å². The van der Waals surface area contributed by atoms with Gasteiger partial charge in [0.05, 0.1) is 23.9 Å². The van der Waals surface area contributed by atoms with Crippen LogP contribution in [0.1, 0.15) is 39.0 Å². The smallest absolute Gasteiger partial charge is 0.257 e. The van der Waals surface area contributed by atoms with Gasteiger partial charge in [0.15, 0.2) is 16.6 Å². The van der Waals surface area contributed by atoms with Crippen LogP contribution in [0.2, 0.25) is 0 Å². The second-order valence-electron chi connectivity index (χ2n) is 6.98. The number of thiazole rings is 1. The zero-order chi connectivity index (χ0) is 20.5. The molecule has 0 bridgehead atoms. The van der Waals surface area contributed by atoms with Gasteiger partial charge in [-0.3, -0.25) is 19.9 Å². The summed E-state index contributed by atoms with van der Waals surface area (Å²) in [4.78, 5) is 35.0. The van der Waals surface area contributed by atoms with Gasteiger partial charge in [-0.1, -0.05) is 6.07 Å². The minimum absolute atomic E-state index is 0.0710. The van der Waals surface area contributed by atoms with Gasteiger partial charge in [0.25, 0.3) is 5.91 Å². The summed E-state index contributed by atoms with van der Waals surface area (Å²) in [6, 6.07) is 10.6. The molecule has 0 saturated carbocycles. The number of hydrogen-bond acceptors (Lipinski definition) is 7. The van der Waals surface area contributed by atoms with Gasteiger partial charge < -0.3 is 14.8 Å². The van der Waals surface area contributed by atoms with Crippen molar-refractivity contribution in [1.82, 2.24) is 15.3 Å². The van der Waals surface area contributed by atoms with Crippen LogP contribution in [0.25, 0.3) is 0 Å². The molecule has 0 radical (unpaired) electrons. The number of nitrogens with one attached hydrogen (secondary N) is 2. The van der Waals surface area contributed by atoms with Crippen molar-refractivity contribution >= 4 is 28.3 Å². The Morgan fingerprint density at radius 3 is 2.93 bits per heavy atom. The van der Waals surface area contributed by atoms with Gasteiger partial charge in [0, 0.05) is 16.6 Å². The Labute approximate surface area is 176 Å². The second kappa shape index (κ2) is 7.75. The van der Waals surface area contributed by atoms with Gasteiger partial charge in [-0.2, -0.15) is 0 Å². The lowest BCUT2D eigenvalue weighted by Gasteiger charge is -2.10. The van der Waals surface area contributed by atoms with Gasteiger partial charge in [-0.05, 0) is 43.2 Å². The number of benzene rings is 1. The van der Waals surface area contributed by atoms with Gasteiger partial charge >= 0.3 is 0 Å². The Kier molecular flexibility index (Phi) is 4.80. The lowest BCUT2D eigenvalue weighted by Crippen LogP contribution is -2.28. The summed E-state index contributed by atoms with van der Waals surface area (Å²) in [5.41, 5.74) is 2.01. The van der Waals surface area contributed by atoms with E-state index in [1.165, 1.54) is 11.3 Å². The van der Waals surface area contributed by atoms with Crippen LogP contribution >= 0.6 is 11.3 Å². The monoisotopic (exact) mass is 422 g/mol. The highest BCUT2D eigenvalue weighted by Gasteiger charge is 2.32. The highest BCUT2D eigenvalue weighted by molar-refractivity contribution is 7.16. The topological polar surface area (TPSA) is 102 Å². The molecular weight excluding hydrogens is 404 g/mol. The molecule has 2 N–H and O–H groups in total. The number of fused-ring (bicyclic) bond motifs is 2. The Morgan fingerprint density at radius 1 is 1.17 bits per heavy atom. The maximum Gasteiger partial charge on any atom is 0.257 e. The Hall–Kier alpha value is -3.46. The van der Waals surface area contributed by atoms with Crippen molar-refractivity contribution in [2.45, 2.75) is 25.3 Å². The van der Waals surface area contributed by atoms with Crippen LogP contribution in [0.3, 0.4) is 0 Å². The second-order valence-corrected chi connectivity index (χ2v) is 8.06. The fraction of sp³-hybridized carbons (Fsp3) is 0.238. The predicted octanol–water partition coefficient (Wildman–Crippen LogP) is 2.87. The third kappa shape index (κ3) is 3.59. The lowest BCUT2D eigenvalue weighted by molar-refractivity contribution is -0.122. The summed E-state index contributed by atoms with van der Waals surface area (Å²) in [6.07, 6.45) is 3.19. The fourth-order valence-corrected chi connectivity index (χ4v) is 4.58. The van der Waals surface area contributed by atoms with Gasteiger partial charge in [0.2, 0.25) is 12.7 Å². The lowest BCUT2D eigenvalue weighted by atomic mass is 10.1. The van der Waals surface area contributed by atoms with Gasteiger partial charge in [-0.25, -0.2) is 4.98 Å². The number of aryl methyl sites for hydroxylation is 1. The van der Waals surface area contributed by atoms with E-state index in [1.54, 1.807) is 24.4 Å². The molecule has 0 fully saturated rings. The first-order valence-electron chi connectivity index (χ1n) is 9.55. The van der Waals surface area contributed by atoms with Crippen LogP contribution in [-0.4, -0.2) is 28.6 Å². The molecule has 1 aliphatic carbocycles. The molecule has 0 saturated heterocycles. The van der Waals surface area contributed by atoms with Crippen molar-refractivity contribution in [3.8, 4) is 11.5 Å². The molecule has 2 aliphatic rings. The van der Waals surface area contributed by atoms with E-state index in [2.05, 4.69) is 20.6 Å². The zero-order valence-corrected chi connectivity index (χ0v) is 16.7. The molecule has 3 heterocycles. The van der Waals surface area contributed by atoms with E-state index in [-0.39, 0.29) is 24.5 Å². The predicted molar refractivity (Wildman–Crippen MR) is 110 cm³/mol. The maximum absolute atomic E-state index is 12.7. The molecule has 2 aromatic heterocycles. The standard InChI is InChI=1S/C21H18N4O4S/c26-19(12-4-6-15-16(9-12)29-11-28-15)25-21-24-18-14(5-7-17(18)30-21)20(27)23-10-13-3-1-2-8-22-13/h1-4,6,8-9,14H,5,7,10-11H2,(H,23,27)(H,24,25,26)/t14-/m1/s1. The molecule has 152 valence electrons. The number of nitrogens with zero attached hydrogens (tertiary/aromatic N) is 2. The van der Waals surface area contributed by atoms with Crippen molar-refractivity contribution in [2.75, 3.05) is 12.1 Å². The van der Waals surface area contributed by atoms with E-state index in [0.717, 1.165) is 29.1 Å². The maximum atomic E-state index is 12.7. The normalized spacial score (nSPS) is 16.2. The molecule has 0 spiro atoms. The first-order chi connectivity index (χ1) is 14.7. The van der Waals surface area contributed by atoms with Crippen LogP contribution in [0.5, 0.6) is 11.5 Å². The van der Waals surface area contributed by atoms with Crippen LogP contribution in [0.15, 0.2) is 42.6 Å². The molecule has 1 atom stereocenters. The summed E-state index contributed by atoms with van der Waals surface area (Å²) in [6.45, 7) is 0.534. The Bertz CT molecular complexity index is 1120. The van der Waals surface area contributed by atoms with Crippen molar-refractivity contribution in [3.63, 3.8) is 0 Å². The summed E-state index contributed by atoms with van der Waals surface area (Å²) in [5.74, 6) is 0.514. The summed E-state index contributed by atoms with van der Waals surface area (Å²) in [7, 11) is 0. The molecule has 2 amide bonds. The molecule has 1 aromatic carbocycles. The number of carbonyl (C=O) groups is 2. The van der Waals surface area contributed by atoms with Crippen molar-refractivity contribution in [1.29, 1.82) is 0 Å². The van der Waals surface area contributed by atoms with E-state index in [4.69, 9.17) is 9.47 Å². The first-order valence-corrected chi connectivity index (χ1v) is 10.4. The van der Waals surface area contributed by atoms with E-state index >= 15 is 0 Å². The molecule has 9 heteroatoms. The number of aromatic nitrogens is 2. The first kappa shape index (κ1) is 18.6. The molecule has 0 unspecified atom stereocenters. The number of pyridine rings is 1. The third-order valence-electron chi connectivity index (χ3n) is 5.06. The highest BCUT2D eigenvalue weighted by atomic mass is 32.1. The van der Waals surface area contributed by atoms with Crippen molar-refractivity contribution in [3.05, 3.63) is 64.4 Å². The molecule has 1 aliphatic heterocycles. The average Bonchev–Trinajstić information content (AvgIpc) is 3.47. The van der Waals surface area contributed by atoms with Crippen LogP contribution in [0, 0.1) is 0 Å². The summed E-state index contributed by atoms with van der Waals surface area (Å²) in [5, 5.41) is 6.25. The SMILES string of the molecule is O=C(Nc1nc2c(s1)CC[C@H]2C(=O)NCc1ccccn1)c1ccc2c(c1)OCO2. The van der Waals surface area contributed by atoms with E-state index in [1.807, 2.05) is 18.2 Å². The number of rotatable bonds is 5. The molecule has 5 rings (SSSR count). The van der Waals surface area contributed by atoms with Crippen LogP contribution in [-0.2, 0) is 17.8 Å². The average molecular weight is 422 g/mol. The summed E-state index contributed by atoms with van der Waals surface area (Å²) < 4.78 is 10.6. The van der Waals surface area contributed by atoms with E-state index in [9.17, 15) is 9.59 Å². The fourth-order valence-electron chi connectivity index (χ4n) is 3.55. The highest BCUT2D eigenvalue weighted by Crippen LogP contribution is 2.39. The number of carbonyl (C=O) groups excluding carboxylic acids is 2. The van der Waals surface area contributed by atoms with Crippen LogP contribution in [0.4, 0.5) is 5.13 Å². The van der Waals surface area contributed by atoms with Crippen molar-refractivity contribution in [2.24, 2.45) is 0 Å². The number of anilines is 1. The number of amides is 2. The molecule has 8 nitrogen and oxygen atoms in total. The Morgan fingerprint density at radius 2 is 2.07 bits per heavy atom. The molecule has 3 aromatic rings. The quantitative estimate of drug-likeness (QED) is 0.656.